The second kappa shape index (κ2) is 8.57. The van der Waals surface area contributed by atoms with E-state index in [9.17, 15) is 14.9 Å². The van der Waals surface area contributed by atoms with Crippen molar-refractivity contribution < 1.29 is 9.72 Å². The average Bonchev–Trinajstić information content (AvgIpc) is 3.19. The molecule has 0 spiro atoms. The summed E-state index contributed by atoms with van der Waals surface area (Å²) in [6, 6.07) is 20.5. The van der Waals surface area contributed by atoms with Gasteiger partial charge in [0.2, 0.25) is 5.91 Å². The Bertz CT molecular complexity index is 1190. The second-order valence-electron chi connectivity index (χ2n) is 7.03. The zero-order valence-corrected chi connectivity index (χ0v) is 16.2. The molecule has 150 valence electrons. The van der Waals surface area contributed by atoms with Crippen LogP contribution in [0.3, 0.4) is 0 Å². The lowest BCUT2D eigenvalue weighted by Crippen LogP contribution is -2.25. The third-order valence-corrected chi connectivity index (χ3v) is 5.00. The number of amides is 1. The first-order chi connectivity index (χ1) is 14.6. The summed E-state index contributed by atoms with van der Waals surface area (Å²) in [5, 5.41) is 16.0. The largest absolute Gasteiger partial charge is 0.352 e. The lowest BCUT2D eigenvalue weighted by molar-refractivity contribution is -0.384. The number of carbonyl (C=O) groups is 1. The van der Waals surface area contributed by atoms with E-state index in [1.54, 1.807) is 24.7 Å². The summed E-state index contributed by atoms with van der Waals surface area (Å²) in [7, 11) is 0. The molecule has 0 bridgehead atoms. The molecule has 1 aromatic heterocycles. The standard InChI is InChI=1S/C23H20N4O3/c28-23(25-13-19-6-3-5-18-4-1-2-7-22(18)19)12-21-14-24-16-26(21)15-17-8-10-20(11-9-17)27(29)30/h1-11,14,16H,12-13,15H2,(H,25,28). The van der Waals surface area contributed by atoms with E-state index in [2.05, 4.69) is 28.5 Å². The van der Waals surface area contributed by atoms with Crippen molar-refractivity contribution in [2.24, 2.45) is 0 Å². The van der Waals surface area contributed by atoms with Gasteiger partial charge in [-0.2, -0.15) is 0 Å². The van der Waals surface area contributed by atoms with E-state index in [4.69, 9.17) is 0 Å². The van der Waals surface area contributed by atoms with Crippen LogP contribution in [0.15, 0.2) is 79.3 Å². The van der Waals surface area contributed by atoms with Crippen LogP contribution >= 0.6 is 0 Å². The number of benzene rings is 3. The van der Waals surface area contributed by atoms with Crippen molar-refractivity contribution in [2.75, 3.05) is 0 Å². The van der Waals surface area contributed by atoms with Gasteiger partial charge in [0, 0.05) is 37.1 Å². The van der Waals surface area contributed by atoms with Gasteiger partial charge in [-0.25, -0.2) is 4.98 Å². The fourth-order valence-corrected chi connectivity index (χ4v) is 3.42. The SMILES string of the molecule is O=C(Cc1cncn1Cc1ccc([N+](=O)[O-])cc1)NCc1cccc2ccccc12. The Morgan fingerprint density at radius 1 is 1.03 bits per heavy atom. The summed E-state index contributed by atoms with van der Waals surface area (Å²) in [4.78, 5) is 27.0. The summed E-state index contributed by atoms with van der Waals surface area (Å²) >= 11 is 0. The van der Waals surface area contributed by atoms with E-state index in [0.29, 0.717) is 13.1 Å². The molecule has 0 aliphatic carbocycles. The Balaban J connectivity index is 1.39. The number of hydrogen-bond donors (Lipinski definition) is 1. The van der Waals surface area contributed by atoms with E-state index in [1.165, 1.54) is 12.1 Å². The van der Waals surface area contributed by atoms with Crippen LogP contribution in [0, 0.1) is 10.1 Å². The molecule has 0 radical (unpaired) electrons. The number of hydrogen-bond acceptors (Lipinski definition) is 4. The van der Waals surface area contributed by atoms with Gasteiger partial charge in [0.1, 0.15) is 0 Å². The van der Waals surface area contributed by atoms with Crippen molar-refractivity contribution in [3.63, 3.8) is 0 Å². The predicted octanol–water partition coefficient (Wildman–Crippen LogP) is 3.85. The van der Waals surface area contributed by atoms with Crippen LogP contribution in [0.5, 0.6) is 0 Å². The van der Waals surface area contributed by atoms with Crippen LogP contribution in [-0.4, -0.2) is 20.4 Å². The number of fused-ring (bicyclic) bond motifs is 1. The second-order valence-corrected chi connectivity index (χ2v) is 7.03. The third kappa shape index (κ3) is 4.35. The first-order valence-electron chi connectivity index (χ1n) is 9.56. The maximum absolute atomic E-state index is 12.5. The first kappa shape index (κ1) is 19.3. The highest BCUT2D eigenvalue weighted by atomic mass is 16.6. The predicted molar refractivity (Wildman–Crippen MR) is 114 cm³/mol. The van der Waals surface area contributed by atoms with Gasteiger partial charge in [-0.3, -0.25) is 14.9 Å². The number of carbonyl (C=O) groups excluding carboxylic acids is 1. The first-order valence-corrected chi connectivity index (χ1v) is 9.56. The lowest BCUT2D eigenvalue weighted by Gasteiger charge is -2.10. The van der Waals surface area contributed by atoms with Gasteiger partial charge in [0.05, 0.1) is 17.7 Å². The highest BCUT2D eigenvalue weighted by Gasteiger charge is 2.11. The normalized spacial score (nSPS) is 10.8. The van der Waals surface area contributed by atoms with Crippen molar-refractivity contribution in [3.8, 4) is 0 Å². The molecular formula is C23H20N4O3. The molecule has 3 aromatic carbocycles. The highest BCUT2D eigenvalue weighted by molar-refractivity contribution is 5.86. The Morgan fingerprint density at radius 2 is 1.80 bits per heavy atom. The number of rotatable bonds is 7. The molecule has 7 nitrogen and oxygen atoms in total. The number of imidazole rings is 1. The summed E-state index contributed by atoms with van der Waals surface area (Å²) in [6.45, 7) is 0.945. The van der Waals surface area contributed by atoms with E-state index in [1.807, 2.05) is 28.8 Å². The van der Waals surface area contributed by atoms with E-state index in [0.717, 1.165) is 27.6 Å². The smallest absolute Gasteiger partial charge is 0.269 e. The zero-order valence-electron chi connectivity index (χ0n) is 16.2. The molecule has 1 heterocycles. The summed E-state index contributed by atoms with van der Waals surface area (Å²) in [5.74, 6) is -0.0895. The Labute approximate surface area is 173 Å². The molecule has 1 N–H and O–H groups in total. The third-order valence-electron chi connectivity index (χ3n) is 5.00. The van der Waals surface area contributed by atoms with Gasteiger partial charge < -0.3 is 9.88 Å². The quantitative estimate of drug-likeness (QED) is 0.377. The minimum atomic E-state index is -0.424. The minimum absolute atomic E-state index is 0.0532. The number of aromatic nitrogens is 2. The molecule has 0 fully saturated rings. The van der Waals surface area contributed by atoms with Gasteiger partial charge in [-0.05, 0) is 21.9 Å². The van der Waals surface area contributed by atoms with Crippen molar-refractivity contribution in [1.29, 1.82) is 0 Å². The fourth-order valence-electron chi connectivity index (χ4n) is 3.42. The number of nitrogens with zero attached hydrogens (tertiary/aromatic N) is 3. The van der Waals surface area contributed by atoms with Crippen molar-refractivity contribution in [3.05, 3.63) is 106 Å². The van der Waals surface area contributed by atoms with Crippen LogP contribution in [0.4, 0.5) is 5.69 Å². The molecule has 4 aromatic rings. The van der Waals surface area contributed by atoms with Gasteiger partial charge >= 0.3 is 0 Å². The Hall–Kier alpha value is -4.00. The average molecular weight is 400 g/mol. The number of non-ortho nitro benzene ring substituents is 1. The molecule has 0 atom stereocenters. The molecular weight excluding hydrogens is 380 g/mol. The van der Waals surface area contributed by atoms with Gasteiger partial charge in [0.25, 0.3) is 5.69 Å². The Morgan fingerprint density at radius 3 is 2.60 bits per heavy atom. The zero-order chi connectivity index (χ0) is 20.9. The van der Waals surface area contributed by atoms with E-state index >= 15 is 0 Å². The molecule has 0 saturated carbocycles. The van der Waals surface area contributed by atoms with E-state index in [-0.39, 0.29) is 18.0 Å². The number of nitro benzene ring substituents is 1. The molecule has 1 amide bonds. The van der Waals surface area contributed by atoms with Crippen LogP contribution in [0.1, 0.15) is 16.8 Å². The van der Waals surface area contributed by atoms with Gasteiger partial charge in [-0.1, -0.05) is 54.6 Å². The van der Waals surface area contributed by atoms with Crippen LogP contribution < -0.4 is 5.32 Å². The Kier molecular flexibility index (Phi) is 5.52. The molecule has 0 unspecified atom stereocenters. The summed E-state index contributed by atoms with van der Waals surface area (Å²) in [5.41, 5.74) is 2.80. The van der Waals surface area contributed by atoms with E-state index < -0.39 is 4.92 Å². The summed E-state index contributed by atoms with van der Waals surface area (Å²) < 4.78 is 1.87. The number of nitro groups is 1. The fraction of sp³-hybridized carbons (Fsp3) is 0.130. The summed E-state index contributed by atoms with van der Waals surface area (Å²) in [6.07, 6.45) is 3.54. The monoisotopic (exact) mass is 400 g/mol. The lowest BCUT2D eigenvalue weighted by atomic mass is 10.0. The van der Waals surface area contributed by atoms with Crippen LogP contribution in [0.25, 0.3) is 10.8 Å². The van der Waals surface area contributed by atoms with Gasteiger partial charge in [-0.15, -0.1) is 0 Å². The molecule has 4 rings (SSSR count). The molecule has 0 aliphatic heterocycles. The molecule has 0 saturated heterocycles. The van der Waals surface area contributed by atoms with Gasteiger partial charge in [0.15, 0.2) is 0 Å². The van der Waals surface area contributed by atoms with Crippen molar-refractivity contribution >= 4 is 22.4 Å². The molecule has 30 heavy (non-hydrogen) atoms. The minimum Gasteiger partial charge on any atom is -0.352 e. The maximum Gasteiger partial charge on any atom is 0.269 e. The highest BCUT2D eigenvalue weighted by Crippen LogP contribution is 2.18. The van der Waals surface area contributed by atoms with Crippen LogP contribution in [0.2, 0.25) is 0 Å². The molecule has 7 heteroatoms. The van der Waals surface area contributed by atoms with Crippen LogP contribution in [-0.2, 0) is 24.3 Å². The van der Waals surface area contributed by atoms with Crippen molar-refractivity contribution in [2.45, 2.75) is 19.5 Å². The van der Waals surface area contributed by atoms with Crippen molar-refractivity contribution in [1.82, 2.24) is 14.9 Å². The number of nitrogens with one attached hydrogen (secondary N) is 1. The molecule has 0 aliphatic rings. The maximum atomic E-state index is 12.5. The topological polar surface area (TPSA) is 90.1 Å².